The molecule has 4 heteroatoms. The summed E-state index contributed by atoms with van der Waals surface area (Å²) in [5, 5.41) is 0.619. The molecule has 0 atom stereocenters. The van der Waals surface area contributed by atoms with Crippen molar-refractivity contribution < 1.29 is 4.74 Å². The zero-order valence-corrected chi connectivity index (χ0v) is 13.3. The molecule has 1 nitrogen and oxygen atoms in total. The average Bonchev–Trinajstić information content (AvgIpc) is 2.33. The summed E-state index contributed by atoms with van der Waals surface area (Å²) in [5.74, 6) is 0.711. The second-order valence-corrected chi connectivity index (χ2v) is 5.89. The van der Waals surface area contributed by atoms with Crippen LogP contribution in [0.15, 0.2) is 46.9 Å². The summed E-state index contributed by atoms with van der Waals surface area (Å²) in [6.45, 7) is 0.526. The molecule has 0 aliphatic heterocycles. The lowest BCUT2D eigenvalue weighted by atomic mass is 10.2. The highest BCUT2D eigenvalue weighted by molar-refractivity contribution is 14.1. The molecule has 0 amide bonds. The van der Waals surface area contributed by atoms with E-state index in [1.807, 2.05) is 42.5 Å². The Morgan fingerprint density at radius 1 is 1.18 bits per heavy atom. The van der Waals surface area contributed by atoms with Gasteiger partial charge >= 0.3 is 0 Å². The highest BCUT2D eigenvalue weighted by Crippen LogP contribution is 2.32. The summed E-state index contributed by atoms with van der Waals surface area (Å²) in [6, 6.07) is 13.8. The molecule has 0 saturated carbocycles. The topological polar surface area (TPSA) is 9.23 Å². The van der Waals surface area contributed by atoms with E-state index in [-0.39, 0.29) is 0 Å². The Morgan fingerprint density at radius 3 is 2.59 bits per heavy atom. The molecule has 17 heavy (non-hydrogen) atoms. The Kier molecular flexibility index (Phi) is 4.70. The van der Waals surface area contributed by atoms with Crippen molar-refractivity contribution in [3.05, 3.63) is 61.1 Å². The first-order valence-corrected chi connectivity index (χ1v) is 7.23. The fraction of sp³-hybridized carbons (Fsp3) is 0.0769. The predicted molar refractivity (Wildman–Crippen MR) is 82.6 cm³/mol. The van der Waals surface area contributed by atoms with E-state index in [4.69, 9.17) is 16.3 Å². The van der Waals surface area contributed by atoms with Gasteiger partial charge in [-0.3, -0.25) is 0 Å². The van der Waals surface area contributed by atoms with Crippen molar-refractivity contribution in [1.82, 2.24) is 0 Å². The van der Waals surface area contributed by atoms with E-state index in [0.29, 0.717) is 17.4 Å². The number of benzene rings is 2. The van der Waals surface area contributed by atoms with Crippen LogP contribution in [0.25, 0.3) is 0 Å². The molecule has 0 unspecified atom stereocenters. The number of ether oxygens (including phenoxy) is 1. The van der Waals surface area contributed by atoms with Crippen LogP contribution in [-0.4, -0.2) is 0 Å². The number of hydrogen-bond donors (Lipinski definition) is 0. The first kappa shape index (κ1) is 13.2. The van der Waals surface area contributed by atoms with E-state index < -0.39 is 0 Å². The fourth-order valence-electron chi connectivity index (χ4n) is 1.35. The molecule has 88 valence electrons. The van der Waals surface area contributed by atoms with Gasteiger partial charge in [-0.2, -0.15) is 0 Å². The van der Waals surface area contributed by atoms with Gasteiger partial charge in [-0.05, 0) is 56.2 Å². The molecule has 0 heterocycles. The molecule has 0 aliphatic carbocycles. The number of halogens is 3. The maximum atomic E-state index is 6.11. The van der Waals surface area contributed by atoms with Crippen molar-refractivity contribution in [3.8, 4) is 5.75 Å². The van der Waals surface area contributed by atoms with Crippen LogP contribution < -0.4 is 4.74 Å². The third-order valence-electron chi connectivity index (χ3n) is 2.21. The molecule has 2 aromatic rings. The summed E-state index contributed by atoms with van der Waals surface area (Å²) < 4.78 is 7.76. The van der Waals surface area contributed by atoms with Crippen molar-refractivity contribution in [2.24, 2.45) is 0 Å². The maximum Gasteiger partial charge on any atom is 0.139 e. The van der Waals surface area contributed by atoms with Crippen LogP contribution in [-0.2, 0) is 6.61 Å². The quantitative estimate of drug-likeness (QED) is 0.482. The Bertz CT molecular complexity index is 516. The summed E-state index contributed by atoms with van der Waals surface area (Å²) >= 11 is 11.8. The second kappa shape index (κ2) is 6.07. The molecule has 0 bridgehead atoms. The SMILES string of the molecule is Clc1cc(Br)c(I)cc1OCc1ccccc1. The minimum absolute atomic E-state index is 0.526. The van der Waals surface area contributed by atoms with Crippen LogP contribution in [0.4, 0.5) is 0 Å². The molecule has 0 saturated heterocycles. The van der Waals surface area contributed by atoms with Gasteiger partial charge in [-0.25, -0.2) is 0 Å². The van der Waals surface area contributed by atoms with Crippen LogP contribution in [0, 0.1) is 3.57 Å². The van der Waals surface area contributed by atoms with Crippen molar-refractivity contribution in [1.29, 1.82) is 0 Å². The Morgan fingerprint density at radius 2 is 1.88 bits per heavy atom. The molecule has 0 radical (unpaired) electrons. The van der Waals surface area contributed by atoms with Crippen molar-refractivity contribution in [3.63, 3.8) is 0 Å². The Balaban J connectivity index is 2.12. The van der Waals surface area contributed by atoms with E-state index in [1.165, 1.54) is 0 Å². The van der Waals surface area contributed by atoms with Crippen LogP contribution in [0.2, 0.25) is 5.02 Å². The molecular formula is C13H9BrClIO. The molecule has 2 rings (SSSR count). The standard InChI is InChI=1S/C13H9BrClIO/c14-10-6-11(15)13(7-12(10)16)17-8-9-4-2-1-3-5-9/h1-7H,8H2. The first-order valence-electron chi connectivity index (χ1n) is 4.98. The minimum atomic E-state index is 0.526. The third-order valence-corrected chi connectivity index (χ3v) is 4.80. The van der Waals surface area contributed by atoms with Gasteiger partial charge in [-0.1, -0.05) is 41.9 Å². The summed E-state index contributed by atoms with van der Waals surface area (Å²) in [7, 11) is 0. The van der Waals surface area contributed by atoms with Gasteiger partial charge in [0.15, 0.2) is 0 Å². The zero-order chi connectivity index (χ0) is 12.3. The lowest BCUT2D eigenvalue weighted by Gasteiger charge is -2.09. The van der Waals surface area contributed by atoms with E-state index >= 15 is 0 Å². The van der Waals surface area contributed by atoms with Crippen LogP contribution in [0.1, 0.15) is 5.56 Å². The summed E-state index contributed by atoms with van der Waals surface area (Å²) in [4.78, 5) is 0. The van der Waals surface area contributed by atoms with Crippen molar-refractivity contribution >= 4 is 50.1 Å². The molecule has 0 aromatic heterocycles. The highest BCUT2D eigenvalue weighted by Gasteiger charge is 2.06. The normalized spacial score (nSPS) is 10.3. The lowest BCUT2D eigenvalue weighted by Crippen LogP contribution is -1.96. The van der Waals surface area contributed by atoms with Gasteiger partial charge in [0.25, 0.3) is 0 Å². The van der Waals surface area contributed by atoms with E-state index in [9.17, 15) is 0 Å². The zero-order valence-electron chi connectivity index (χ0n) is 8.79. The number of hydrogen-bond acceptors (Lipinski definition) is 1. The van der Waals surface area contributed by atoms with Crippen LogP contribution >= 0.6 is 50.1 Å². The molecular weight excluding hydrogens is 414 g/mol. The summed E-state index contributed by atoms with van der Waals surface area (Å²) in [5.41, 5.74) is 1.13. The number of rotatable bonds is 3. The lowest BCUT2D eigenvalue weighted by molar-refractivity contribution is 0.306. The van der Waals surface area contributed by atoms with Gasteiger partial charge in [-0.15, -0.1) is 0 Å². The van der Waals surface area contributed by atoms with Gasteiger partial charge in [0.2, 0.25) is 0 Å². The van der Waals surface area contributed by atoms with Crippen molar-refractivity contribution in [2.45, 2.75) is 6.61 Å². The van der Waals surface area contributed by atoms with E-state index in [0.717, 1.165) is 13.6 Å². The molecule has 2 aromatic carbocycles. The predicted octanol–water partition coefficient (Wildman–Crippen LogP) is 5.29. The Labute approximate surface area is 127 Å². The molecule has 0 N–H and O–H groups in total. The highest BCUT2D eigenvalue weighted by atomic mass is 127. The summed E-state index contributed by atoms with van der Waals surface area (Å²) in [6.07, 6.45) is 0. The fourth-order valence-corrected chi connectivity index (χ4v) is 2.48. The smallest absolute Gasteiger partial charge is 0.139 e. The maximum absolute atomic E-state index is 6.11. The first-order chi connectivity index (χ1) is 8.16. The molecule has 0 fully saturated rings. The van der Waals surface area contributed by atoms with E-state index in [2.05, 4.69) is 38.5 Å². The van der Waals surface area contributed by atoms with Crippen molar-refractivity contribution in [2.75, 3.05) is 0 Å². The van der Waals surface area contributed by atoms with Crippen LogP contribution in [0.5, 0.6) is 5.75 Å². The van der Waals surface area contributed by atoms with Gasteiger partial charge in [0.1, 0.15) is 12.4 Å². The minimum Gasteiger partial charge on any atom is -0.487 e. The molecule has 0 aliphatic rings. The largest absolute Gasteiger partial charge is 0.487 e. The second-order valence-electron chi connectivity index (χ2n) is 3.47. The average molecular weight is 423 g/mol. The van der Waals surface area contributed by atoms with E-state index in [1.54, 1.807) is 0 Å². The third kappa shape index (κ3) is 3.60. The monoisotopic (exact) mass is 422 g/mol. The van der Waals surface area contributed by atoms with Gasteiger partial charge < -0.3 is 4.74 Å². The Hall–Kier alpha value is -0.260. The van der Waals surface area contributed by atoms with Gasteiger partial charge in [0, 0.05) is 8.04 Å². The van der Waals surface area contributed by atoms with Gasteiger partial charge in [0.05, 0.1) is 5.02 Å². The van der Waals surface area contributed by atoms with Crippen LogP contribution in [0.3, 0.4) is 0 Å². The molecule has 0 spiro atoms.